The highest BCUT2D eigenvalue weighted by Crippen LogP contribution is 2.36. The number of hydrogen-bond acceptors (Lipinski definition) is 5. The Morgan fingerprint density at radius 2 is 1.85 bits per heavy atom. The van der Waals surface area contributed by atoms with E-state index in [9.17, 15) is 18.0 Å². The van der Waals surface area contributed by atoms with Gasteiger partial charge in [0.15, 0.2) is 5.71 Å². The lowest BCUT2D eigenvalue weighted by Crippen LogP contribution is -2.23. The van der Waals surface area contributed by atoms with Crippen molar-refractivity contribution in [2.24, 2.45) is 0 Å². The zero-order valence-electron chi connectivity index (χ0n) is 19.3. The van der Waals surface area contributed by atoms with Gasteiger partial charge in [-0.2, -0.15) is 13.2 Å². The number of benzene rings is 2. The monoisotopic (exact) mass is 545 g/mol. The van der Waals surface area contributed by atoms with Crippen LogP contribution in [-0.2, 0) is 11.2 Å². The molecule has 0 aliphatic rings. The van der Waals surface area contributed by atoms with Crippen molar-refractivity contribution in [2.45, 2.75) is 39.3 Å². The van der Waals surface area contributed by atoms with Crippen molar-refractivity contribution in [3.8, 4) is 11.5 Å². The summed E-state index contributed by atoms with van der Waals surface area (Å²) < 4.78 is 50.3. The summed E-state index contributed by atoms with van der Waals surface area (Å²) in [5.41, 5.74) is -0.266. The Balaban J connectivity index is 2.02. The summed E-state index contributed by atoms with van der Waals surface area (Å²) in [4.78, 5) is 13.9. The molecule has 0 aromatic heterocycles. The first kappa shape index (κ1) is 27.5. The first-order chi connectivity index (χ1) is 16.0. The zero-order chi connectivity index (χ0) is 25.5. The maximum Gasteiger partial charge on any atom is 0.433 e. The maximum absolute atomic E-state index is 12.9. The van der Waals surface area contributed by atoms with E-state index in [-0.39, 0.29) is 5.75 Å². The van der Waals surface area contributed by atoms with E-state index in [1.165, 1.54) is 6.07 Å². The molecule has 0 aliphatic heterocycles. The summed E-state index contributed by atoms with van der Waals surface area (Å²) in [5, 5.41) is 15.6. The molecule has 0 atom stereocenters. The highest BCUT2D eigenvalue weighted by atomic mass is 79.9. The number of ether oxygens (including phenoxy) is 2. The summed E-state index contributed by atoms with van der Waals surface area (Å²) in [5.74, 6) is -0.342. The van der Waals surface area contributed by atoms with Crippen LogP contribution in [0.5, 0.6) is 11.5 Å². The Morgan fingerprint density at radius 1 is 1.18 bits per heavy atom. The molecule has 0 amide bonds. The third-order valence-electron chi connectivity index (χ3n) is 5.11. The van der Waals surface area contributed by atoms with Gasteiger partial charge >= 0.3 is 12.1 Å². The van der Waals surface area contributed by atoms with Gasteiger partial charge in [0, 0.05) is 23.8 Å². The maximum atomic E-state index is 12.9. The Hall–Kier alpha value is -2.75. The van der Waals surface area contributed by atoms with Gasteiger partial charge in [-0.25, -0.2) is 4.79 Å². The van der Waals surface area contributed by atoms with Crippen LogP contribution in [0.25, 0.3) is 0 Å². The molecule has 34 heavy (non-hydrogen) atoms. The van der Waals surface area contributed by atoms with Gasteiger partial charge in [-0.05, 0) is 66.0 Å². The lowest BCUT2D eigenvalue weighted by atomic mass is 10.00. The molecule has 3 N–H and O–H groups in total. The van der Waals surface area contributed by atoms with Crippen LogP contribution >= 0.6 is 15.9 Å². The molecule has 0 heterocycles. The molecular formula is C24H29BrF3N2O4+. The Labute approximate surface area is 205 Å². The largest absolute Gasteiger partial charge is 0.593 e. The minimum absolute atomic E-state index is 0.294. The molecule has 2 rings (SSSR count). The van der Waals surface area contributed by atoms with Crippen molar-refractivity contribution in [1.82, 2.24) is 0 Å². The van der Waals surface area contributed by atoms with Gasteiger partial charge < -0.3 is 19.5 Å². The van der Waals surface area contributed by atoms with Gasteiger partial charge in [0.1, 0.15) is 11.3 Å². The lowest BCUT2D eigenvalue weighted by Gasteiger charge is -2.20. The second kappa shape index (κ2) is 12.1. The molecule has 0 unspecified atom stereocenters. The van der Waals surface area contributed by atoms with Crippen LogP contribution in [0.4, 0.5) is 18.9 Å². The Bertz CT molecular complexity index is 1030. The predicted octanol–water partition coefficient (Wildman–Crippen LogP) is 5.85. The van der Waals surface area contributed by atoms with Gasteiger partial charge in [-0.1, -0.05) is 13.3 Å². The van der Waals surface area contributed by atoms with Gasteiger partial charge in [-0.15, -0.1) is 0 Å². The summed E-state index contributed by atoms with van der Waals surface area (Å²) >= 11 is 3.40. The van der Waals surface area contributed by atoms with Crippen molar-refractivity contribution in [2.75, 3.05) is 31.7 Å². The number of hydrogen-bond donors (Lipinski definition) is 1. The minimum Gasteiger partial charge on any atom is -0.593 e. The van der Waals surface area contributed by atoms with Gasteiger partial charge in [0.2, 0.25) is 0 Å². The van der Waals surface area contributed by atoms with Crippen molar-refractivity contribution >= 4 is 33.3 Å². The van der Waals surface area contributed by atoms with Crippen LogP contribution in [0.15, 0.2) is 34.8 Å². The molecule has 10 heteroatoms. The topological polar surface area (TPSA) is 85.5 Å². The van der Waals surface area contributed by atoms with Gasteiger partial charge in [-0.3, -0.25) is 5.41 Å². The highest BCUT2D eigenvalue weighted by Gasteiger charge is 2.38. The van der Waals surface area contributed by atoms with E-state index in [2.05, 4.69) is 15.9 Å². The normalized spacial score (nSPS) is 11.3. The molecule has 0 radical (unpaired) electrons. The molecule has 6 nitrogen and oxygen atoms in total. The third kappa shape index (κ3) is 6.88. The number of nitrogens with zero attached hydrogens (tertiary/aromatic N) is 1. The molecule has 0 bridgehead atoms. The number of carbonyl (C=O) groups excluding carboxylic acids is 1. The van der Waals surface area contributed by atoms with Gasteiger partial charge in [0.05, 0.1) is 24.3 Å². The summed E-state index contributed by atoms with van der Waals surface area (Å²) in [6, 6.07) is 7.87. The standard InChI is InChI=1S/C24H28BrF3N2O4/c1-4-7-17-20(11-10-18(21(17)31)22(29)24(26,27)28)34-13-6-12-30(3)15-8-9-16(19(25)14-15)23(32)33-5-2/h8-11,14,29,31H,4-7,12-13H2,1-3H3/p+1. The SMILES string of the molecule is CCCc1c(OCCCN(C)c2ccc(C(=O)OCC)c(Br)c2)ccc(C(=N)C(F)(F)F)c1[OH2+]. The number of carbonyl (C=O) groups is 1. The first-order valence-corrected chi connectivity index (χ1v) is 11.6. The molecule has 0 aliphatic carbocycles. The van der Waals surface area contributed by atoms with Crippen LogP contribution in [0, 0.1) is 5.41 Å². The zero-order valence-corrected chi connectivity index (χ0v) is 20.9. The number of halogens is 4. The Kier molecular flexibility index (Phi) is 9.78. The molecule has 0 saturated heterocycles. The van der Waals surface area contributed by atoms with Crippen molar-refractivity contribution in [3.63, 3.8) is 0 Å². The first-order valence-electron chi connectivity index (χ1n) is 10.8. The Morgan fingerprint density at radius 3 is 2.44 bits per heavy atom. The van der Waals surface area contributed by atoms with E-state index in [4.69, 9.17) is 20.0 Å². The molecule has 2 aromatic carbocycles. The van der Waals surface area contributed by atoms with E-state index >= 15 is 0 Å². The van der Waals surface area contributed by atoms with Crippen molar-refractivity contribution in [1.29, 1.82) is 5.41 Å². The van der Waals surface area contributed by atoms with Crippen LogP contribution in [-0.4, -0.2) is 49.8 Å². The third-order valence-corrected chi connectivity index (χ3v) is 5.76. The summed E-state index contributed by atoms with van der Waals surface area (Å²) in [6.07, 6.45) is -3.18. The predicted molar refractivity (Wildman–Crippen MR) is 130 cm³/mol. The molecule has 2 aromatic rings. The van der Waals surface area contributed by atoms with E-state index in [0.717, 1.165) is 11.8 Å². The van der Waals surface area contributed by atoms with E-state index < -0.39 is 23.4 Å². The summed E-state index contributed by atoms with van der Waals surface area (Å²) in [6.45, 7) is 4.83. The van der Waals surface area contributed by atoms with E-state index in [1.54, 1.807) is 13.0 Å². The quantitative estimate of drug-likeness (QED) is 0.166. The number of esters is 1. The van der Waals surface area contributed by atoms with E-state index in [1.807, 2.05) is 31.0 Å². The minimum atomic E-state index is -4.81. The van der Waals surface area contributed by atoms with Crippen molar-refractivity contribution < 1.29 is 32.5 Å². The van der Waals surface area contributed by atoms with Crippen LogP contribution in [0.1, 0.15) is 48.2 Å². The fraction of sp³-hybridized carbons (Fsp3) is 0.417. The second-order valence-corrected chi connectivity index (χ2v) is 8.45. The fourth-order valence-corrected chi connectivity index (χ4v) is 3.88. The molecule has 186 valence electrons. The fourth-order valence-electron chi connectivity index (χ4n) is 3.35. The van der Waals surface area contributed by atoms with E-state index in [0.29, 0.717) is 60.4 Å². The molecule has 0 fully saturated rings. The smallest absolute Gasteiger partial charge is 0.433 e. The van der Waals surface area contributed by atoms with Crippen LogP contribution in [0.2, 0.25) is 0 Å². The average molecular weight is 546 g/mol. The van der Waals surface area contributed by atoms with Gasteiger partial charge in [0.25, 0.3) is 5.75 Å². The number of nitrogens with one attached hydrogen (secondary N) is 1. The van der Waals surface area contributed by atoms with Crippen LogP contribution in [0.3, 0.4) is 0 Å². The molecule has 0 spiro atoms. The second-order valence-electron chi connectivity index (χ2n) is 7.60. The average Bonchev–Trinajstić information content (AvgIpc) is 2.77. The van der Waals surface area contributed by atoms with Crippen molar-refractivity contribution in [3.05, 3.63) is 51.5 Å². The molecule has 0 saturated carbocycles. The van der Waals surface area contributed by atoms with Crippen LogP contribution < -0.4 is 9.64 Å². The highest BCUT2D eigenvalue weighted by molar-refractivity contribution is 9.10. The molecular weight excluding hydrogens is 517 g/mol. The lowest BCUT2D eigenvalue weighted by molar-refractivity contribution is -0.0588. The number of anilines is 1. The number of alkyl halides is 3. The number of rotatable bonds is 11. The summed E-state index contributed by atoms with van der Waals surface area (Å²) in [7, 11) is 1.90.